The van der Waals surface area contributed by atoms with Crippen molar-refractivity contribution in [1.82, 2.24) is 19.7 Å². The van der Waals surface area contributed by atoms with Gasteiger partial charge in [-0.15, -0.1) is 0 Å². The molecule has 4 rings (SSSR count). The number of fused-ring (bicyclic) bond motifs is 1. The molecule has 9 nitrogen and oxygen atoms in total. The number of nitrogens with two attached hydrogens (primary N) is 1. The first-order chi connectivity index (χ1) is 14.6. The third kappa shape index (κ3) is 3.64. The zero-order valence-corrected chi connectivity index (χ0v) is 16.7. The summed E-state index contributed by atoms with van der Waals surface area (Å²) in [6, 6.07) is 14.6. The number of H-pyrrole nitrogens is 1. The van der Waals surface area contributed by atoms with Crippen LogP contribution in [0.2, 0.25) is 0 Å². The molecule has 154 valence electrons. The van der Waals surface area contributed by atoms with Gasteiger partial charge in [-0.25, -0.2) is 4.57 Å². The fourth-order valence-electron chi connectivity index (χ4n) is 3.11. The van der Waals surface area contributed by atoms with Gasteiger partial charge >= 0.3 is 0 Å². The second kappa shape index (κ2) is 8.16. The van der Waals surface area contributed by atoms with E-state index in [1.54, 1.807) is 24.3 Å². The first-order valence-corrected chi connectivity index (χ1v) is 9.60. The van der Waals surface area contributed by atoms with Crippen LogP contribution >= 0.6 is 0 Å². The van der Waals surface area contributed by atoms with Crippen LogP contribution in [0.3, 0.4) is 0 Å². The summed E-state index contributed by atoms with van der Waals surface area (Å²) in [5.74, 6) is 1.96. The molecule has 2 heterocycles. The molecule has 0 fully saturated rings. The zero-order chi connectivity index (χ0) is 21.1. The van der Waals surface area contributed by atoms with Crippen LogP contribution in [0.5, 0.6) is 11.5 Å². The number of aromatic nitrogens is 4. The molecule has 0 saturated heterocycles. The average Bonchev–Trinajstić information content (AvgIpc) is 3.12. The van der Waals surface area contributed by atoms with Crippen molar-refractivity contribution >= 4 is 28.5 Å². The fraction of sp³-hybridized carbons (Fsp3) is 0.190. The molecule has 0 aliphatic heterocycles. The maximum absolute atomic E-state index is 13.3. The molecule has 0 aliphatic carbocycles. The van der Waals surface area contributed by atoms with Crippen LogP contribution in [0.1, 0.15) is 13.8 Å². The topological polar surface area (TPSA) is 120 Å². The number of nitrogens with one attached hydrogen (secondary N) is 2. The van der Waals surface area contributed by atoms with Gasteiger partial charge in [-0.05, 0) is 62.4 Å². The largest absolute Gasteiger partial charge is 0.494 e. The molecular weight excluding hydrogens is 384 g/mol. The van der Waals surface area contributed by atoms with E-state index < -0.39 is 0 Å². The molecule has 0 atom stereocenters. The van der Waals surface area contributed by atoms with E-state index in [1.165, 1.54) is 4.57 Å². The number of rotatable bonds is 7. The Bertz CT molecular complexity index is 1210. The van der Waals surface area contributed by atoms with E-state index in [9.17, 15) is 4.79 Å². The summed E-state index contributed by atoms with van der Waals surface area (Å²) in [6.45, 7) is 4.99. The lowest BCUT2D eigenvalue weighted by Crippen LogP contribution is -2.23. The van der Waals surface area contributed by atoms with E-state index in [0.717, 1.165) is 11.4 Å². The molecule has 2 aromatic carbocycles. The third-order valence-electron chi connectivity index (χ3n) is 4.44. The number of nitrogen functional groups attached to an aromatic ring is 1. The van der Waals surface area contributed by atoms with Gasteiger partial charge in [0.2, 0.25) is 5.95 Å². The molecule has 0 bridgehead atoms. The number of nitrogens with zero attached hydrogens (tertiary/aromatic N) is 3. The lowest BCUT2D eigenvalue weighted by Gasteiger charge is -2.14. The summed E-state index contributed by atoms with van der Waals surface area (Å²) >= 11 is 0. The third-order valence-corrected chi connectivity index (χ3v) is 4.44. The lowest BCUT2D eigenvalue weighted by atomic mass is 10.2. The van der Waals surface area contributed by atoms with Crippen LogP contribution in [0.25, 0.3) is 16.7 Å². The Kier molecular flexibility index (Phi) is 5.25. The van der Waals surface area contributed by atoms with Crippen molar-refractivity contribution < 1.29 is 9.47 Å². The molecule has 4 aromatic rings. The highest BCUT2D eigenvalue weighted by molar-refractivity contribution is 5.86. The van der Waals surface area contributed by atoms with Crippen LogP contribution in [0, 0.1) is 0 Å². The van der Waals surface area contributed by atoms with Crippen molar-refractivity contribution in [2.45, 2.75) is 13.8 Å². The van der Waals surface area contributed by atoms with Crippen molar-refractivity contribution in [2.75, 3.05) is 24.3 Å². The normalized spacial score (nSPS) is 10.9. The maximum atomic E-state index is 13.3. The fourth-order valence-corrected chi connectivity index (χ4v) is 3.11. The Morgan fingerprint density at radius 1 is 1.00 bits per heavy atom. The van der Waals surface area contributed by atoms with Gasteiger partial charge in [-0.2, -0.15) is 10.1 Å². The van der Waals surface area contributed by atoms with Gasteiger partial charge in [0, 0.05) is 5.69 Å². The molecule has 2 aromatic heterocycles. The van der Waals surface area contributed by atoms with Crippen LogP contribution in [0.4, 0.5) is 17.5 Å². The number of ether oxygens (including phenoxy) is 2. The lowest BCUT2D eigenvalue weighted by molar-refractivity contribution is 0.340. The van der Waals surface area contributed by atoms with E-state index in [-0.39, 0.29) is 22.4 Å². The predicted octanol–water partition coefficient (Wildman–Crippen LogP) is 3.23. The highest BCUT2D eigenvalue weighted by Gasteiger charge is 2.17. The number of aromatic amines is 1. The molecule has 0 aliphatic rings. The SMILES string of the molecule is CCOc1ccc(Nc2nc3n[nH]c(N)c3c(=O)n2-c2ccc(OCC)cc2)cc1. The van der Waals surface area contributed by atoms with E-state index in [0.29, 0.717) is 30.6 Å². The molecule has 4 N–H and O–H groups in total. The first kappa shape index (κ1) is 19.3. The summed E-state index contributed by atoms with van der Waals surface area (Å²) in [5.41, 5.74) is 7.18. The summed E-state index contributed by atoms with van der Waals surface area (Å²) in [5, 5.41) is 10.1. The van der Waals surface area contributed by atoms with Gasteiger partial charge in [0.1, 0.15) is 22.7 Å². The molecule has 0 amide bonds. The Labute approximate surface area is 172 Å². The smallest absolute Gasteiger partial charge is 0.272 e. The molecule has 0 saturated carbocycles. The van der Waals surface area contributed by atoms with Crippen molar-refractivity contribution in [2.24, 2.45) is 0 Å². The van der Waals surface area contributed by atoms with Crippen molar-refractivity contribution in [1.29, 1.82) is 0 Å². The average molecular weight is 406 g/mol. The number of hydrogen-bond acceptors (Lipinski definition) is 7. The molecule has 0 spiro atoms. The van der Waals surface area contributed by atoms with Crippen molar-refractivity contribution in [3.8, 4) is 17.2 Å². The Morgan fingerprint density at radius 3 is 2.20 bits per heavy atom. The quantitative estimate of drug-likeness (QED) is 0.431. The second-order valence-electron chi connectivity index (χ2n) is 6.42. The van der Waals surface area contributed by atoms with Crippen molar-refractivity contribution in [3.05, 3.63) is 58.9 Å². The highest BCUT2D eigenvalue weighted by Crippen LogP contribution is 2.24. The van der Waals surface area contributed by atoms with Gasteiger partial charge < -0.3 is 20.5 Å². The maximum Gasteiger partial charge on any atom is 0.272 e. The van der Waals surface area contributed by atoms with E-state index in [2.05, 4.69) is 20.5 Å². The summed E-state index contributed by atoms with van der Waals surface area (Å²) < 4.78 is 12.4. The minimum atomic E-state index is -0.330. The minimum Gasteiger partial charge on any atom is -0.494 e. The van der Waals surface area contributed by atoms with Gasteiger partial charge in [0.15, 0.2) is 5.65 Å². The monoisotopic (exact) mass is 406 g/mol. The van der Waals surface area contributed by atoms with Crippen LogP contribution in [-0.2, 0) is 0 Å². The Morgan fingerprint density at radius 2 is 1.60 bits per heavy atom. The summed E-state index contributed by atoms with van der Waals surface area (Å²) in [6.07, 6.45) is 0. The predicted molar refractivity (Wildman–Crippen MR) is 116 cm³/mol. The van der Waals surface area contributed by atoms with Gasteiger partial charge in [0.05, 0.1) is 18.9 Å². The molecule has 9 heteroatoms. The summed E-state index contributed by atoms with van der Waals surface area (Å²) in [7, 11) is 0. The Balaban J connectivity index is 1.81. The molecule has 0 radical (unpaired) electrons. The Hall–Kier alpha value is -4.01. The molecular formula is C21H22N6O3. The first-order valence-electron chi connectivity index (χ1n) is 9.60. The zero-order valence-electron chi connectivity index (χ0n) is 16.7. The standard InChI is InChI=1S/C21H22N6O3/c1-3-29-15-9-5-13(6-10-15)23-21-24-19-17(18(22)25-26-19)20(28)27(21)14-7-11-16(12-8-14)30-4-2/h5-12H,3-4H2,1-2H3,(H4,22,23,24,25,26). The number of anilines is 3. The molecule has 30 heavy (non-hydrogen) atoms. The van der Waals surface area contributed by atoms with E-state index in [1.807, 2.05) is 38.1 Å². The van der Waals surface area contributed by atoms with E-state index in [4.69, 9.17) is 15.2 Å². The van der Waals surface area contributed by atoms with Crippen molar-refractivity contribution in [3.63, 3.8) is 0 Å². The number of benzene rings is 2. The minimum absolute atomic E-state index is 0.176. The van der Waals surface area contributed by atoms with Crippen LogP contribution in [-0.4, -0.2) is 33.0 Å². The molecule has 0 unspecified atom stereocenters. The van der Waals surface area contributed by atoms with Gasteiger partial charge in [-0.3, -0.25) is 9.89 Å². The highest BCUT2D eigenvalue weighted by atomic mass is 16.5. The number of hydrogen-bond donors (Lipinski definition) is 3. The van der Waals surface area contributed by atoms with Crippen LogP contribution in [0.15, 0.2) is 53.3 Å². The van der Waals surface area contributed by atoms with Gasteiger partial charge in [-0.1, -0.05) is 0 Å². The van der Waals surface area contributed by atoms with Gasteiger partial charge in [0.25, 0.3) is 5.56 Å². The van der Waals surface area contributed by atoms with Crippen LogP contribution < -0.4 is 26.1 Å². The van der Waals surface area contributed by atoms with E-state index >= 15 is 0 Å². The summed E-state index contributed by atoms with van der Waals surface area (Å²) in [4.78, 5) is 17.8. The second-order valence-corrected chi connectivity index (χ2v) is 6.42.